The summed E-state index contributed by atoms with van der Waals surface area (Å²) in [5.41, 5.74) is 12.5. The first-order chi connectivity index (χ1) is 27.2. The van der Waals surface area contributed by atoms with E-state index in [0.717, 1.165) is 57.4 Å². The van der Waals surface area contributed by atoms with Gasteiger partial charge < -0.3 is 9.32 Å². The van der Waals surface area contributed by atoms with Gasteiger partial charge in [-0.2, -0.15) is 0 Å². The largest absolute Gasteiger partial charge is 0.456 e. The van der Waals surface area contributed by atoms with Crippen molar-refractivity contribution in [2.75, 3.05) is 4.90 Å². The Kier molecular flexibility index (Phi) is 7.53. The van der Waals surface area contributed by atoms with E-state index in [-0.39, 0.29) is 0 Å². The van der Waals surface area contributed by atoms with Crippen molar-refractivity contribution < 1.29 is 4.42 Å². The third kappa shape index (κ3) is 5.47. The SMILES string of the molecule is C1=CC(c2ccc(N(c3ccc(-c4ccc5ccccc5c4)cc3)c3ccc4oc5cc(-c6ccccc6)ccc5c4c3)c3c2sc2ccccc23)=CCC1. The van der Waals surface area contributed by atoms with Crippen LogP contribution < -0.4 is 4.90 Å². The molecule has 2 nitrogen and oxygen atoms in total. The van der Waals surface area contributed by atoms with Gasteiger partial charge in [0.2, 0.25) is 0 Å². The van der Waals surface area contributed by atoms with Gasteiger partial charge in [0.1, 0.15) is 11.2 Å². The second kappa shape index (κ2) is 13.0. The van der Waals surface area contributed by atoms with Crippen LogP contribution in [0.1, 0.15) is 18.4 Å². The standard InChI is InChI=1S/C52H35NOS/c1-3-11-34(12-4-1)40-23-27-44-46-33-42(26-30-48(46)54-49(44)32-40)53(41-24-21-36(22-25-41)39-20-19-35-13-7-8-16-38(35)31-39)47-29-28-43(37-14-5-2-6-15-37)52-51(47)45-17-9-10-18-50(45)55-52/h1,3-5,7-33H,2,6H2. The zero-order valence-corrected chi connectivity index (χ0v) is 30.9. The summed E-state index contributed by atoms with van der Waals surface area (Å²) in [7, 11) is 0. The third-order valence-electron chi connectivity index (χ3n) is 11.1. The highest BCUT2D eigenvalue weighted by Gasteiger charge is 2.22. The first-order valence-electron chi connectivity index (χ1n) is 19.0. The van der Waals surface area contributed by atoms with Crippen molar-refractivity contribution >= 4 is 86.9 Å². The third-order valence-corrected chi connectivity index (χ3v) is 12.3. The number of furan rings is 1. The lowest BCUT2D eigenvalue weighted by atomic mass is 9.96. The number of rotatable bonds is 6. The average Bonchev–Trinajstić information content (AvgIpc) is 3.83. The molecule has 2 aromatic heterocycles. The highest BCUT2D eigenvalue weighted by atomic mass is 32.1. The number of thiophene rings is 1. The number of benzene rings is 8. The minimum absolute atomic E-state index is 0.882. The molecule has 1 aliphatic carbocycles. The van der Waals surface area contributed by atoms with Gasteiger partial charge in [0.15, 0.2) is 0 Å². The molecule has 0 saturated heterocycles. The van der Waals surface area contributed by atoms with Crippen LogP contribution in [-0.2, 0) is 0 Å². The molecule has 0 bridgehead atoms. The molecular weight excluding hydrogens is 687 g/mol. The molecule has 0 unspecified atom stereocenters. The van der Waals surface area contributed by atoms with Crippen molar-refractivity contribution in [3.8, 4) is 22.3 Å². The zero-order valence-electron chi connectivity index (χ0n) is 30.1. The van der Waals surface area contributed by atoms with Crippen LogP contribution in [0.5, 0.6) is 0 Å². The van der Waals surface area contributed by atoms with E-state index in [0.29, 0.717) is 0 Å². The number of hydrogen-bond donors (Lipinski definition) is 0. The minimum atomic E-state index is 0.882. The lowest BCUT2D eigenvalue weighted by molar-refractivity contribution is 0.669. The Morgan fingerprint density at radius 1 is 0.491 bits per heavy atom. The van der Waals surface area contributed by atoms with E-state index in [1.807, 2.05) is 11.3 Å². The van der Waals surface area contributed by atoms with E-state index in [1.54, 1.807) is 0 Å². The van der Waals surface area contributed by atoms with Gasteiger partial charge in [-0.3, -0.25) is 0 Å². The Morgan fingerprint density at radius 3 is 2.11 bits per heavy atom. The molecule has 11 rings (SSSR count). The number of hydrogen-bond acceptors (Lipinski definition) is 3. The van der Waals surface area contributed by atoms with Gasteiger partial charge in [0.25, 0.3) is 0 Å². The van der Waals surface area contributed by atoms with Crippen molar-refractivity contribution in [2.45, 2.75) is 12.8 Å². The second-order valence-corrected chi connectivity index (χ2v) is 15.4. The average molecular weight is 722 g/mol. The molecular formula is C52H35NOS. The van der Waals surface area contributed by atoms with Crippen molar-refractivity contribution in [1.82, 2.24) is 0 Å². The summed E-state index contributed by atoms with van der Waals surface area (Å²) >= 11 is 1.89. The van der Waals surface area contributed by atoms with Crippen LogP contribution in [0.3, 0.4) is 0 Å². The van der Waals surface area contributed by atoms with E-state index < -0.39 is 0 Å². The molecule has 0 fully saturated rings. The maximum atomic E-state index is 6.52. The predicted octanol–water partition coefficient (Wildman–Crippen LogP) is 15.6. The molecule has 0 atom stereocenters. The molecule has 0 spiro atoms. The van der Waals surface area contributed by atoms with Gasteiger partial charge in [-0.05, 0) is 118 Å². The molecule has 0 radical (unpaired) electrons. The summed E-state index contributed by atoms with van der Waals surface area (Å²) in [6.45, 7) is 0. The number of anilines is 3. The molecule has 260 valence electrons. The fourth-order valence-electron chi connectivity index (χ4n) is 8.35. The first kappa shape index (κ1) is 31.8. The molecule has 10 aromatic rings. The van der Waals surface area contributed by atoms with Gasteiger partial charge in [-0.25, -0.2) is 0 Å². The summed E-state index contributed by atoms with van der Waals surface area (Å²) in [5, 5.41) is 7.27. The van der Waals surface area contributed by atoms with Gasteiger partial charge in [-0.1, -0.05) is 127 Å². The molecule has 55 heavy (non-hydrogen) atoms. The van der Waals surface area contributed by atoms with Gasteiger partial charge in [0.05, 0.1) is 5.69 Å². The summed E-state index contributed by atoms with van der Waals surface area (Å²) in [6, 6.07) is 61.6. The van der Waals surface area contributed by atoms with E-state index in [2.05, 4.69) is 193 Å². The van der Waals surface area contributed by atoms with Crippen LogP contribution in [0.15, 0.2) is 193 Å². The van der Waals surface area contributed by atoms with Crippen LogP contribution in [0.2, 0.25) is 0 Å². The highest BCUT2D eigenvalue weighted by molar-refractivity contribution is 7.26. The number of allylic oxidation sites excluding steroid dienone is 4. The Balaban J connectivity index is 1.11. The van der Waals surface area contributed by atoms with Gasteiger partial charge in [-0.15, -0.1) is 11.3 Å². The van der Waals surface area contributed by atoms with Crippen molar-refractivity contribution in [3.63, 3.8) is 0 Å². The Morgan fingerprint density at radius 2 is 1.24 bits per heavy atom. The lowest BCUT2D eigenvalue weighted by Crippen LogP contribution is -2.10. The van der Waals surface area contributed by atoms with Crippen molar-refractivity contribution in [1.29, 1.82) is 0 Å². The quantitative estimate of drug-likeness (QED) is 0.170. The monoisotopic (exact) mass is 721 g/mol. The van der Waals surface area contributed by atoms with E-state index in [4.69, 9.17) is 4.42 Å². The first-order valence-corrected chi connectivity index (χ1v) is 19.8. The summed E-state index contributed by atoms with van der Waals surface area (Å²) in [6.07, 6.45) is 9.16. The van der Waals surface area contributed by atoms with E-state index in [9.17, 15) is 0 Å². The number of fused-ring (bicyclic) bond motifs is 7. The Hall–Kier alpha value is -6.68. The van der Waals surface area contributed by atoms with Crippen LogP contribution in [0.4, 0.5) is 17.1 Å². The maximum absolute atomic E-state index is 6.52. The van der Waals surface area contributed by atoms with Crippen molar-refractivity contribution in [3.05, 3.63) is 194 Å². The van der Waals surface area contributed by atoms with Crippen LogP contribution in [-0.4, -0.2) is 0 Å². The Bertz CT molecular complexity index is 3140. The molecule has 0 aliphatic heterocycles. The molecule has 8 aromatic carbocycles. The van der Waals surface area contributed by atoms with E-state index >= 15 is 0 Å². The second-order valence-electron chi connectivity index (χ2n) is 14.4. The molecule has 1 aliphatic rings. The normalized spacial score (nSPS) is 13.0. The molecule has 0 N–H and O–H groups in total. The highest BCUT2D eigenvalue weighted by Crippen LogP contribution is 2.48. The fourth-order valence-corrected chi connectivity index (χ4v) is 9.61. The van der Waals surface area contributed by atoms with Crippen LogP contribution in [0.25, 0.3) is 80.7 Å². The summed E-state index contributed by atoms with van der Waals surface area (Å²) < 4.78 is 9.14. The van der Waals surface area contributed by atoms with Gasteiger partial charge >= 0.3 is 0 Å². The Labute approximate surface area is 323 Å². The predicted molar refractivity (Wildman–Crippen MR) is 236 cm³/mol. The number of nitrogens with zero attached hydrogens (tertiary/aromatic N) is 1. The van der Waals surface area contributed by atoms with Crippen LogP contribution >= 0.6 is 11.3 Å². The maximum Gasteiger partial charge on any atom is 0.136 e. The summed E-state index contributed by atoms with van der Waals surface area (Å²) in [4.78, 5) is 2.44. The van der Waals surface area contributed by atoms with Gasteiger partial charge in [0, 0.05) is 42.3 Å². The lowest BCUT2D eigenvalue weighted by Gasteiger charge is -2.27. The topological polar surface area (TPSA) is 16.4 Å². The minimum Gasteiger partial charge on any atom is -0.456 e. The smallest absolute Gasteiger partial charge is 0.136 e. The molecule has 3 heteroatoms. The van der Waals surface area contributed by atoms with Crippen LogP contribution in [0, 0.1) is 0 Å². The van der Waals surface area contributed by atoms with Crippen molar-refractivity contribution in [2.24, 2.45) is 0 Å². The molecule has 2 heterocycles. The van der Waals surface area contributed by atoms with E-state index in [1.165, 1.54) is 58.8 Å². The summed E-state index contributed by atoms with van der Waals surface area (Å²) in [5.74, 6) is 0. The fraction of sp³-hybridized carbons (Fsp3) is 0.0385. The zero-order chi connectivity index (χ0) is 36.3. The molecule has 0 amide bonds. The molecule has 0 saturated carbocycles.